The smallest absolute Gasteiger partial charge is 0.255 e. The molecule has 0 spiro atoms. The Morgan fingerprint density at radius 1 is 0.966 bits per heavy atom. The summed E-state index contributed by atoms with van der Waals surface area (Å²) in [6.45, 7) is 2.19. The van der Waals surface area contributed by atoms with Crippen LogP contribution in [0.4, 0.5) is 11.6 Å². The molecule has 144 valence electrons. The van der Waals surface area contributed by atoms with E-state index in [1.807, 2.05) is 24.3 Å². The Hall–Kier alpha value is -3.74. The lowest BCUT2D eigenvalue weighted by Gasteiger charge is -2.33. The Morgan fingerprint density at radius 3 is 2.66 bits per heavy atom. The van der Waals surface area contributed by atoms with Crippen LogP contribution in [0, 0.1) is 0 Å². The standard InChI is InChI=1S/C22H20N6O/c29-21-14-19(18-8-9-23-16-24-18)25-22-27(13-5-12-26-10-3-4-11-26)20-7-2-1-6-17(20)15-28(21)22/h1-4,6-11,14,16H,5,12-13,15H2. The van der Waals surface area contributed by atoms with Gasteiger partial charge < -0.3 is 9.47 Å². The molecule has 0 saturated carbocycles. The summed E-state index contributed by atoms with van der Waals surface area (Å²) in [5, 5.41) is 0. The molecule has 0 aliphatic carbocycles. The normalized spacial score (nSPS) is 12.5. The van der Waals surface area contributed by atoms with Crippen molar-refractivity contribution in [1.29, 1.82) is 0 Å². The van der Waals surface area contributed by atoms with Crippen LogP contribution in [0.15, 0.2) is 78.2 Å². The number of hydrogen-bond acceptors (Lipinski definition) is 5. The van der Waals surface area contributed by atoms with Crippen molar-refractivity contribution < 1.29 is 0 Å². The highest BCUT2D eigenvalue weighted by molar-refractivity contribution is 5.67. The summed E-state index contributed by atoms with van der Waals surface area (Å²) in [6.07, 6.45) is 8.18. The molecule has 0 N–H and O–H groups in total. The number of para-hydroxylation sites is 1. The number of hydrogen-bond donors (Lipinski definition) is 0. The molecule has 29 heavy (non-hydrogen) atoms. The van der Waals surface area contributed by atoms with E-state index in [-0.39, 0.29) is 5.56 Å². The van der Waals surface area contributed by atoms with Gasteiger partial charge in [0.25, 0.3) is 5.56 Å². The minimum atomic E-state index is -0.0754. The monoisotopic (exact) mass is 384 g/mol. The van der Waals surface area contributed by atoms with Crippen molar-refractivity contribution in [3.63, 3.8) is 0 Å². The first-order valence-electron chi connectivity index (χ1n) is 9.64. The predicted molar refractivity (Wildman–Crippen MR) is 111 cm³/mol. The molecule has 1 aliphatic rings. The maximum absolute atomic E-state index is 12.9. The fourth-order valence-corrected chi connectivity index (χ4v) is 3.76. The SMILES string of the molecule is O=c1cc(-c2ccncn2)nc2n1Cc1ccccc1N2CCCn1cccc1. The summed E-state index contributed by atoms with van der Waals surface area (Å²) in [5.74, 6) is 0.664. The maximum Gasteiger partial charge on any atom is 0.255 e. The lowest BCUT2D eigenvalue weighted by molar-refractivity contribution is 0.620. The zero-order valence-corrected chi connectivity index (χ0v) is 15.8. The van der Waals surface area contributed by atoms with Gasteiger partial charge in [0.2, 0.25) is 5.95 Å². The number of benzene rings is 1. The minimum Gasteiger partial charge on any atom is -0.354 e. The van der Waals surface area contributed by atoms with Crippen LogP contribution in [0.25, 0.3) is 11.4 Å². The van der Waals surface area contributed by atoms with Gasteiger partial charge in [-0.3, -0.25) is 9.36 Å². The van der Waals surface area contributed by atoms with Gasteiger partial charge in [-0.2, -0.15) is 0 Å². The maximum atomic E-state index is 12.9. The average molecular weight is 384 g/mol. The topological polar surface area (TPSA) is 68.8 Å². The molecular weight excluding hydrogens is 364 g/mol. The van der Waals surface area contributed by atoms with Gasteiger partial charge >= 0.3 is 0 Å². The summed E-state index contributed by atoms with van der Waals surface area (Å²) >= 11 is 0. The third-order valence-electron chi connectivity index (χ3n) is 5.15. The van der Waals surface area contributed by atoms with Gasteiger partial charge in [0.15, 0.2) is 0 Å². The lowest BCUT2D eigenvalue weighted by Crippen LogP contribution is -2.35. The predicted octanol–water partition coefficient (Wildman–Crippen LogP) is 3.09. The van der Waals surface area contributed by atoms with Crippen LogP contribution >= 0.6 is 0 Å². The average Bonchev–Trinajstić information content (AvgIpc) is 3.28. The van der Waals surface area contributed by atoms with E-state index in [9.17, 15) is 4.79 Å². The van der Waals surface area contributed by atoms with E-state index in [2.05, 4.69) is 44.0 Å². The van der Waals surface area contributed by atoms with E-state index in [1.165, 1.54) is 6.33 Å². The van der Waals surface area contributed by atoms with Crippen LogP contribution in [-0.4, -0.2) is 30.6 Å². The van der Waals surface area contributed by atoms with Gasteiger partial charge in [0.1, 0.15) is 6.33 Å². The van der Waals surface area contributed by atoms with Crippen LogP contribution in [0.2, 0.25) is 0 Å². The highest BCUT2D eigenvalue weighted by atomic mass is 16.1. The van der Waals surface area contributed by atoms with Crippen molar-refractivity contribution in [3.8, 4) is 11.4 Å². The van der Waals surface area contributed by atoms with Gasteiger partial charge in [-0.1, -0.05) is 18.2 Å². The van der Waals surface area contributed by atoms with Crippen LogP contribution in [-0.2, 0) is 13.1 Å². The molecule has 1 aliphatic heterocycles. The number of aryl methyl sites for hydroxylation is 1. The highest BCUT2D eigenvalue weighted by Crippen LogP contribution is 2.33. The molecule has 0 fully saturated rings. The molecule has 5 rings (SSSR count). The lowest BCUT2D eigenvalue weighted by atomic mass is 10.1. The molecule has 1 aromatic carbocycles. The second-order valence-corrected chi connectivity index (χ2v) is 7.02. The van der Waals surface area contributed by atoms with Crippen molar-refractivity contribution in [2.24, 2.45) is 0 Å². The van der Waals surface area contributed by atoms with Crippen LogP contribution in [0.5, 0.6) is 0 Å². The number of fused-ring (bicyclic) bond motifs is 2. The van der Waals surface area contributed by atoms with E-state index in [0.29, 0.717) is 23.9 Å². The molecule has 7 heteroatoms. The zero-order valence-electron chi connectivity index (χ0n) is 15.8. The molecule has 0 saturated heterocycles. The molecule has 0 radical (unpaired) electrons. The fraction of sp³-hybridized carbons (Fsp3) is 0.182. The van der Waals surface area contributed by atoms with E-state index in [0.717, 1.165) is 30.8 Å². The highest BCUT2D eigenvalue weighted by Gasteiger charge is 2.25. The van der Waals surface area contributed by atoms with Crippen molar-refractivity contribution >= 4 is 11.6 Å². The second kappa shape index (κ2) is 7.35. The van der Waals surface area contributed by atoms with Crippen molar-refractivity contribution in [1.82, 2.24) is 24.1 Å². The van der Waals surface area contributed by atoms with E-state index < -0.39 is 0 Å². The van der Waals surface area contributed by atoms with Gasteiger partial charge in [0, 0.05) is 43.4 Å². The van der Waals surface area contributed by atoms with Crippen molar-refractivity contribution in [2.45, 2.75) is 19.5 Å². The van der Waals surface area contributed by atoms with E-state index in [4.69, 9.17) is 4.98 Å². The van der Waals surface area contributed by atoms with E-state index in [1.54, 1.807) is 22.9 Å². The Labute approximate surface area is 167 Å². The quantitative estimate of drug-likeness (QED) is 0.529. The van der Waals surface area contributed by atoms with E-state index >= 15 is 0 Å². The third kappa shape index (κ3) is 3.31. The Bertz CT molecular complexity index is 1180. The largest absolute Gasteiger partial charge is 0.354 e. The third-order valence-corrected chi connectivity index (χ3v) is 5.15. The summed E-state index contributed by atoms with van der Waals surface area (Å²) in [4.78, 5) is 28.1. The van der Waals surface area contributed by atoms with Crippen molar-refractivity contribution in [3.05, 3.63) is 89.4 Å². The number of aromatic nitrogens is 5. The van der Waals surface area contributed by atoms with Crippen LogP contribution in [0.1, 0.15) is 12.0 Å². The number of rotatable bonds is 5. The van der Waals surface area contributed by atoms with Crippen LogP contribution in [0.3, 0.4) is 0 Å². The number of nitrogens with zero attached hydrogens (tertiary/aromatic N) is 6. The summed E-state index contributed by atoms with van der Waals surface area (Å²) in [6, 6.07) is 15.6. The molecule has 0 atom stereocenters. The first kappa shape index (κ1) is 17.4. The molecule has 7 nitrogen and oxygen atoms in total. The Morgan fingerprint density at radius 2 is 1.83 bits per heavy atom. The molecular formula is C22H20N6O. The Balaban J connectivity index is 1.55. The van der Waals surface area contributed by atoms with Gasteiger partial charge in [-0.25, -0.2) is 15.0 Å². The summed E-state index contributed by atoms with van der Waals surface area (Å²) < 4.78 is 3.90. The summed E-state index contributed by atoms with van der Waals surface area (Å²) in [7, 11) is 0. The van der Waals surface area contributed by atoms with Gasteiger partial charge in [-0.05, 0) is 36.2 Å². The number of anilines is 2. The molecule has 4 aromatic rings. The zero-order chi connectivity index (χ0) is 19.6. The molecule has 4 heterocycles. The molecule has 0 bridgehead atoms. The summed E-state index contributed by atoms with van der Waals surface area (Å²) in [5.41, 5.74) is 3.37. The van der Waals surface area contributed by atoms with Crippen molar-refractivity contribution in [2.75, 3.05) is 11.4 Å². The first-order chi connectivity index (χ1) is 14.3. The second-order valence-electron chi connectivity index (χ2n) is 7.02. The first-order valence-corrected chi connectivity index (χ1v) is 9.64. The Kier molecular flexibility index (Phi) is 4.40. The molecule has 0 unspecified atom stereocenters. The fourth-order valence-electron chi connectivity index (χ4n) is 3.76. The van der Waals surface area contributed by atoms with Gasteiger partial charge in [-0.15, -0.1) is 0 Å². The van der Waals surface area contributed by atoms with Gasteiger partial charge in [0.05, 0.1) is 17.9 Å². The molecule has 3 aromatic heterocycles. The molecule has 0 amide bonds. The minimum absolute atomic E-state index is 0.0754. The van der Waals surface area contributed by atoms with Crippen LogP contribution < -0.4 is 10.5 Å².